The molecule has 0 radical (unpaired) electrons. The molecule has 2 aromatic carbocycles. The van der Waals surface area contributed by atoms with E-state index in [1.54, 1.807) is 24.3 Å². The highest BCUT2D eigenvalue weighted by molar-refractivity contribution is 7.90. The highest BCUT2D eigenvalue weighted by Crippen LogP contribution is 2.20. The normalized spacial score (nSPS) is 13.6. The highest BCUT2D eigenvalue weighted by atomic mass is 32.2. The summed E-state index contributed by atoms with van der Waals surface area (Å²) in [6.07, 6.45) is -1.83. The summed E-state index contributed by atoms with van der Waals surface area (Å²) in [5.74, 6) is 4.12. The number of carbonyl (C=O) groups is 2. The quantitative estimate of drug-likeness (QED) is 0.160. The van der Waals surface area contributed by atoms with Crippen molar-refractivity contribution in [2.45, 2.75) is 31.4 Å². The van der Waals surface area contributed by atoms with Crippen molar-refractivity contribution in [1.29, 1.82) is 0 Å². The standard InChI is InChI=1S/C24H26F2N2O7S/c1-24(31,23(25)26)20(22(30)28-32)27-21(29)18-10-6-16(7-11-18)4-5-17-8-12-19(13-9-17)35-14-3-15-36(2,33)34/h6-13,20,23,31-32H,3,14-15H2,1-2H3,(H,27,29)(H,28,30). The Morgan fingerprint density at radius 1 is 1.06 bits per heavy atom. The van der Waals surface area contributed by atoms with Crippen LogP contribution in [0.4, 0.5) is 8.78 Å². The van der Waals surface area contributed by atoms with Crippen LogP contribution in [0.15, 0.2) is 48.5 Å². The number of halogens is 2. The van der Waals surface area contributed by atoms with Gasteiger partial charge < -0.3 is 15.2 Å². The molecular formula is C24H26F2N2O7S. The van der Waals surface area contributed by atoms with Crippen molar-refractivity contribution in [3.8, 4) is 17.6 Å². The Bertz CT molecular complexity index is 1220. The number of hydroxylamine groups is 1. The number of alkyl halides is 2. The first-order valence-electron chi connectivity index (χ1n) is 10.6. The van der Waals surface area contributed by atoms with Gasteiger partial charge in [0.1, 0.15) is 21.6 Å². The number of ether oxygens (including phenoxy) is 1. The number of hydrogen-bond donors (Lipinski definition) is 4. The molecule has 0 spiro atoms. The fraction of sp³-hybridized carbons (Fsp3) is 0.333. The maximum atomic E-state index is 13.1. The third-order valence-electron chi connectivity index (χ3n) is 4.95. The van der Waals surface area contributed by atoms with E-state index in [4.69, 9.17) is 9.94 Å². The number of amides is 2. The number of rotatable bonds is 10. The Hall–Kier alpha value is -3.53. The molecule has 12 heteroatoms. The molecule has 0 aromatic heterocycles. The predicted molar refractivity (Wildman–Crippen MR) is 126 cm³/mol. The summed E-state index contributed by atoms with van der Waals surface area (Å²) < 4.78 is 54.0. The van der Waals surface area contributed by atoms with E-state index in [0.717, 1.165) is 5.48 Å². The molecule has 2 amide bonds. The number of sulfone groups is 1. The van der Waals surface area contributed by atoms with Crippen LogP contribution < -0.4 is 15.5 Å². The largest absolute Gasteiger partial charge is 0.494 e. The number of hydrogen-bond acceptors (Lipinski definition) is 7. The zero-order valence-electron chi connectivity index (χ0n) is 19.5. The Morgan fingerprint density at radius 3 is 2.06 bits per heavy atom. The summed E-state index contributed by atoms with van der Waals surface area (Å²) in [6.45, 7) is 0.928. The van der Waals surface area contributed by atoms with E-state index in [0.29, 0.717) is 30.2 Å². The molecule has 194 valence electrons. The molecule has 2 unspecified atom stereocenters. The molecule has 0 aliphatic rings. The van der Waals surface area contributed by atoms with Crippen LogP contribution in [0.3, 0.4) is 0 Å². The zero-order chi connectivity index (χ0) is 26.9. The van der Waals surface area contributed by atoms with Crippen molar-refractivity contribution in [2.75, 3.05) is 18.6 Å². The Balaban J connectivity index is 2.00. The molecular weight excluding hydrogens is 498 g/mol. The molecule has 0 saturated carbocycles. The van der Waals surface area contributed by atoms with Crippen LogP contribution in [-0.2, 0) is 14.6 Å². The van der Waals surface area contributed by atoms with E-state index in [-0.39, 0.29) is 17.9 Å². The van der Waals surface area contributed by atoms with Gasteiger partial charge in [-0.2, -0.15) is 0 Å². The molecule has 36 heavy (non-hydrogen) atoms. The summed E-state index contributed by atoms with van der Waals surface area (Å²) in [6, 6.07) is 10.5. The van der Waals surface area contributed by atoms with Crippen LogP contribution in [0.5, 0.6) is 5.75 Å². The monoisotopic (exact) mass is 524 g/mol. The molecule has 4 N–H and O–H groups in total. The topological polar surface area (TPSA) is 142 Å². The summed E-state index contributed by atoms with van der Waals surface area (Å²) in [7, 11) is -3.03. The first-order valence-corrected chi connectivity index (χ1v) is 12.7. The van der Waals surface area contributed by atoms with Gasteiger partial charge >= 0.3 is 0 Å². The van der Waals surface area contributed by atoms with Gasteiger partial charge in [0.25, 0.3) is 18.2 Å². The first-order chi connectivity index (χ1) is 16.8. The van der Waals surface area contributed by atoms with Crippen molar-refractivity contribution in [2.24, 2.45) is 0 Å². The second kappa shape index (κ2) is 12.4. The molecule has 0 fully saturated rings. The van der Waals surface area contributed by atoms with Gasteiger partial charge in [0, 0.05) is 22.9 Å². The van der Waals surface area contributed by atoms with Gasteiger partial charge in [0.15, 0.2) is 5.60 Å². The Labute approximate surface area is 207 Å². The lowest BCUT2D eigenvalue weighted by molar-refractivity contribution is -0.149. The molecule has 0 aliphatic carbocycles. The van der Waals surface area contributed by atoms with Crippen LogP contribution >= 0.6 is 0 Å². The lowest BCUT2D eigenvalue weighted by Crippen LogP contribution is -2.61. The molecule has 0 saturated heterocycles. The van der Waals surface area contributed by atoms with E-state index in [9.17, 15) is 31.9 Å². The lowest BCUT2D eigenvalue weighted by atomic mass is 9.95. The molecule has 0 bridgehead atoms. The van der Waals surface area contributed by atoms with Gasteiger partial charge in [-0.05, 0) is 61.9 Å². The van der Waals surface area contributed by atoms with E-state index in [1.165, 1.54) is 30.5 Å². The summed E-state index contributed by atoms with van der Waals surface area (Å²) in [4.78, 5) is 24.1. The second-order valence-corrected chi connectivity index (χ2v) is 10.4. The van der Waals surface area contributed by atoms with E-state index in [2.05, 4.69) is 11.8 Å². The van der Waals surface area contributed by atoms with E-state index in [1.807, 2.05) is 5.32 Å². The summed E-state index contributed by atoms with van der Waals surface area (Å²) in [5.41, 5.74) is -0.550. The smallest absolute Gasteiger partial charge is 0.269 e. The third kappa shape index (κ3) is 8.60. The average molecular weight is 525 g/mol. The summed E-state index contributed by atoms with van der Waals surface area (Å²) >= 11 is 0. The lowest BCUT2D eigenvalue weighted by Gasteiger charge is -2.30. The van der Waals surface area contributed by atoms with Crippen molar-refractivity contribution in [3.05, 3.63) is 65.2 Å². The maximum Gasteiger partial charge on any atom is 0.269 e. The number of nitrogens with one attached hydrogen (secondary N) is 2. The van der Waals surface area contributed by atoms with E-state index >= 15 is 0 Å². The molecule has 9 nitrogen and oxygen atoms in total. The minimum absolute atomic E-state index is 0.0127. The Kier molecular flexibility index (Phi) is 9.92. The van der Waals surface area contributed by atoms with Crippen LogP contribution in [0.25, 0.3) is 0 Å². The molecule has 2 rings (SSSR count). The van der Waals surface area contributed by atoms with Gasteiger partial charge in [0.05, 0.1) is 12.4 Å². The van der Waals surface area contributed by atoms with Crippen LogP contribution in [0.2, 0.25) is 0 Å². The van der Waals surface area contributed by atoms with Gasteiger partial charge in [-0.1, -0.05) is 11.8 Å². The Morgan fingerprint density at radius 2 is 1.58 bits per heavy atom. The van der Waals surface area contributed by atoms with Gasteiger partial charge in [0.2, 0.25) is 0 Å². The van der Waals surface area contributed by atoms with Crippen LogP contribution in [-0.4, -0.2) is 67.2 Å². The van der Waals surface area contributed by atoms with Crippen molar-refractivity contribution < 1.29 is 41.8 Å². The second-order valence-electron chi connectivity index (χ2n) is 8.09. The summed E-state index contributed by atoms with van der Waals surface area (Å²) in [5, 5.41) is 20.6. The van der Waals surface area contributed by atoms with Gasteiger partial charge in [-0.15, -0.1) is 0 Å². The third-order valence-corrected chi connectivity index (χ3v) is 5.99. The van der Waals surface area contributed by atoms with Crippen molar-refractivity contribution >= 4 is 21.7 Å². The van der Waals surface area contributed by atoms with Gasteiger partial charge in [-0.25, -0.2) is 22.7 Å². The van der Waals surface area contributed by atoms with E-state index < -0.39 is 39.7 Å². The number of benzene rings is 2. The fourth-order valence-corrected chi connectivity index (χ4v) is 3.52. The first kappa shape index (κ1) is 28.7. The average Bonchev–Trinajstić information content (AvgIpc) is 2.83. The SMILES string of the molecule is CC(O)(C(F)F)C(NC(=O)c1ccc(C#Cc2ccc(OCCCS(C)(=O)=O)cc2)cc1)C(=O)NO. The van der Waals surface area contributed by atoms with Crippen LogP contribution in [0.1, 0.15) is 34.8 Å². The van der Waals surface area contributed by atoms with Crippen LogP contribution in [0, 0.1) is 11.8 Å². The number of aliphatic hydroxyl groups is 1. The molecule has 0 heterocycles. The predicted octanol–water partition coefficient (Wildman–Crippen LogP) is 1.52. The number of carbonyl (C=O) groups excluding carboxylic acids is 2. The maximum absolute atomic E-state index is 13.1. The molecule has 0 aliphatic heterocycles. The van der Waals surface area contributed by atoms with Gasteiger partial charge in [-0.3, -0.25) is 14.8 Å². The minimum atomic E-state index is -3.38. The van der Waals surface area contributed by atoms with Crippen molar-refractivity contribution in [1.82, 2.24) is 10.8 Å². The molecule has 2 atom stereocenters. The molecule has 2 aromatic rings. The van der Waals surface area contributed by atoms with Crippen molar-refractivity contribution in [3.63, 3.8) is 0 Å². The minimum Gasteiger partial charge on any atom is -0.494 e. The fourth-order valence-electron chi connectivity index (χ4n) is 2.88. The highest BCUT2D eigenvalue weighted by Gasteiger charge is 2.46. The zero-order valence-corrected chi connectivity index (χ0v) is 20.3.